The van der Waals surface area contributed by atoms with Gasteiger partial charge in [-0.15, -0.1) is 0 Å². The summed E-state index contributed by atoms with van der Waals surface area (Å²) in [5, 5.41) is 21.6. The van der Waals surface area contributed by atoms with E-state index < -0.39 is 6.10 Å². The zero-order chi connectivity index (χ0) is 21.6. The third-order valence-corrected chi connectivity index (χ3v) is 6.26. The van der Waals surface area contributed by atoms with Gasteiger partial charge in [0.2, 0.25) is 0 Å². The average molecular weight is 412 g/mol. The number of fused-ring (bicyclic) bond motifs is 1. The van der Waals surface area contributed by atoms with Crippen LogP contribution in [-0.4, -0.2) is 31.2 Å². The number of rotatable bonds is 5. The van der Waals surface area contributed by atoms with Gasteiger partial charge in [0.15, 0.2) is 5.78 Å². The summed E-state index contributed by atoms with van der Waals surface area (Å²) in [7, 11) is 0. The number of carbonyl (C=O) groups excluding carboxylic acids is 1. The van der Waals surface area contributed by atoms with Crippen LogP contribution in [0, 0.1) is 12.8 Å². The highest BCUT2D eigenvalue weighted by atomic mass is 16.3. The Bertz CT molecular complexity index is 1170. The van der Waals surface area contributed by atoms with Crippen LogP contribution in [0.1, 0.15) is 56.6 Å². The molecule has 0 bridgehead atoms. The van der Waals surface area contributed by atoms with Crippen LogP contribution in [0.5, 0.6) is 0 Å². The van der Waals surface area contributed by atoms with Gasteiger partial charge < -0.3 is 10.2 Å². The Balaban J connectivity index is 1.99. The Morgan fingerprint density at radius 1 is 1.13 bits per heavy atom. The van der Waals surface area contributed by atoms with Gasteiger partial charge in [-0.05, 0) is 62.6 Å². The SMILES string of the molecule is CCCn1c(=O)c2c(C)c(C(O)=C3C(=O)CCCC3O)ccc2n(CC2CC2)c1=O. The fourth-order valence-corrected chi connectivity index (χ4v) is 4.43. The molecule has 0 radical (unpaired) electrons. The van der Waals surface area contributed by atoms with Crippen molar-refractivity contribution in [1.82, 2.24) is 9.13 Å². The Morgan fingerprint density at radius 2 is 1.87 bits per heavy atom. The first-order chi connectivity index (χ1) is 14.3. The van der Waals surface area contributed by atoms with E-state index in [1.165, 1.54) is 4.57 Å². The van der Waals surface area contributed by atoms with Crippen molar-refractivity contribution in [3.05, 3.63) is 49.7 Å². The second-order valence-corrected chi connectivity index (χ2v) is 8.52. The largest absolute Gasteiger partial charge is 0.507 e. The van der Waals surface area contributed by atoms with Crippen molar-refractivity contribution in [2.75, 3.05) is 0 Å². The zero-order valence-corrected chi connectivity index (χ0v) is 17.5. The molecule has 1 aromatic heterocycles. The molecule has 2 aromatic rings. The number of hydrogen-bond acceptors (Lipinski definition) is 5. The van der Waals surface area contributed by atoms with Crippen LogP contribution in [0.3, 0.4) is 0 Å². The summed E-state index contributed by atoms with van der Waals surface area (Å²) >= 11 is 0. The normalized spacial score (nSPS) is 21.3. The monoisotopic (exact) mass is 412 g/mol. The predicted molar refractivity (Wildman–Crippen MR) is 115 cm³/mol. The van der Waals surface area contributed by atoms with Gasteiger partial charge in [-0.3, -0.25) is 18.7 Å². The molecule has 1 unspecified atom stereocenters. The lowest BCUT2D eigenvalue weighted by Gasteiger charge is -2.22. The molecule has 7 nitrogen and oxygen atoms in total. The molecule has 1 heterocycles. The molecular formula is C23H28N2O5. The molecule has 2 saturated carbocycles. The number of nitrogens with zero attached hydrogens (tertiary/aromatic N) is 2. The summed E-state index contributed by atoms with van der Waals surface area (Å²) in [6, 6.07) is 3.32. The van der Waals surface area contributed by atoms with Gasteiger partial charge in [-0.1, -0.05) is 6.92 Å². The van der Waals surface area contributed by atoms with Crippen LogP contribution in [-0.2, 0) is 17.9 Å². The summed E-state index contributed by atoms with van der Waals surface area (Å²) in [6.07, 6.45) is 3.08. The van der Waals surface area contributed by atoms with Gasteiger partial charge in [-0.25, -0.2) is 4.79 Å². The van der Waals surface area contributed by atoms with Crippen molar-refractivity contribution in [1.29, 1.82) is 0 Å². The zero-order valence-electron chi connectivity index (χ0n) is 17.5. The molecule has 160 valence electrons. The second kappa shape index (κ2) is 7.87. The standard InChI is InChI=1S/C23H28N2O5/c1-3-11-24-22(29)19-13(2)15(21(28)20-17(26)5-4-6-18(20)27)9-10-16(19)25(23(24)30)12-14-7-8-14/h9-10,14,17,26,28H,3-8,11-12H2,1-2H3. The van der Waals surface area contributed by atoms with Gasteiger partial charge in [0, 0.05) is 25.1 Å². The van der Waals surface area contributed by atoms with Crippen LogP contribution in [0.15, 0.2) is 27.3 Å². The first-order valence-corrected chi connectivity index (χ1v) is 10.8. The Labute approximate surface area is 174 Å². The van der Waals surface area contributed by atoms with Gasteiger partial charge in [0.1, 0.15) is 5.76 Å². The van der Waals surface area contributed by atoms with E-state index in [1.54, 1.807) is 23.6 Å². The summed E-state index contributed by atoms with van der Waals surface area (Å²) in [4.78, 5) is 38.6. The highest BCUT2D eigenvalue weighted by Gasteiger charge is 2.30. The molecule has 1 aromatic carbocycles. The lowest BCUT2D eigenvalue weighted by Crippen LogP contribution is -2.40. The lowest BCUT2D eigenvalue weighted by atomic mass is 9.87. The number of aromatic nitrogens is 2. The van der Waals surface area contributed by atoms with Crippen molar-refractivity contribution < 1.29 is 15.0 Å². The number of aliphatic hydroxyl groups excluding tert-OH is 2. The molecule has 30 heavy (non-hydrogen) atoms. The number of aliphatic hydroxyl groups is 2. The van der Waals surface area contributed by atoms with Crippen LogP contribution in [0.4, 0.5) is 0 Å². The molecule has 2 N–H and O–H groups in total. The molecule has 0 amide bonds. The molecule has 0 saturated heterocycles. The minimum Gasteiger partial charge on any atom is -0.507 e. The fourth-order valence-electron chi connectivity index (χ4n) is 4.43. The maximum Gasteiger partial charge on any atom is 0.331 e. The summed E-state index contributed by atoms with van der Waals surface area (Å²) in [5.74, 6) is -0.0928. The highest BCUT2D eigenvalue weighted by molar-refractivity contribution is 6.03. The van der Waals surface area contributed by atoms with E-state index in [0.717, 1.165) is 12.8 Å². The fraction of sp³-hybridized carbons (Fsp3) is 0.522. The predicted octanol–water partition coefficient (Wildman–Crippen LogP) is 2.67. The number of aryl methyl sites for hydroxylation is 1. The molecule has 2 aliphatic rings. The molecule has 1 atom stereocenters. The van der Waals surface area contributed by atoms with Crippen LogP contribution in [0.2, 0.25) is 0 Å². The van der Waals surface area contributed by atoms with Crippen molar-refractivity contribution in [3.63, 3.8) is 0 Å². The third-order valence-electron chi connectivity index (χ3n) is 6.26. The first-order valence-electron chi connectivity index (χ1n) is 10.8. The lowest BCUT2D eigenvalue weighted by molar-refractivity contribution is -0.117. The molecule has 0 aliphatic heterocycles. The van der Waals surface area contributed by atoms with Gasteiger partial charge >= 0.3 is 5.69 Å². The number of Topliss-reactive ketones (excluding diaryl/α,β-unsaturated/α-hetero) is 1. The molecule has 2 aliphatic carbocycles. The highest BCUT2D eigenvalue weighted by Crippen LogP contribution is 2.33. The Hall–Kier alpha value is -2.67. The molecular weight excluding hydrogens is 384 g/mol. The third kappa shape index (κ3) is 3.41. The molecule has 4 rings (SSSR count). The summed E-state index contributed by atoms with van der Waals surface area (Å²) < 4.78 is 2.94. The Morgan fingerprint density at radius 3 is 2.50 bits per heavy atom. The minimum atomic E-state index is -1.01. The molecule has 2 fully saturated rings. The van der Waals surface area contributed by atoms with E-state index in [2.05, 4.69) is 0 Å². The molecule has 7 heteroatoms. The number of carbonyl (C=O) groups is 1. The maximum absolute atomic E-state index is 13.2. The van der Waals surface area contributed by atoms with Crippen molar-refractivity contribution in [2.45, 2.75) is 71.6 Å². The summed E-state index contributed by atoms with van der Waals surface area (Å²) in [6.45, 7) is 4.53. The number of ketones is 1. The second-order valence-electron chi connectivity index (χ2n) is 8.52. The Kier molecular flexibility index (Phi) is 5.40. The number of hydrogen-bond donors (Lipinski definition) is 2. The van der Waals surface area contributed by atoms with Crippen molar-refractivity contribution >= 4 is 22.4 Å². The average Bonchev–Trinajstić information content (AvgIpc) is 3.52. The quantitative estimate of drug-likeness (QED) is 0.581. The van der Waals surface area contributed by atoms with Crippen molar-refractivity contribution in [3.8, 4) is 0 Å². The van der Waals surface area contributed by atoms with Crippen molar-refractivity contribution in [2.24, 2.45) is 5.92 Å². The molecule has 0 spiro atoms. The minimum absolute atomic E-state index is 0.0175. The topological polar surface area (TPSA) is 102 Å². The van der Waals surface area contributed by atoms with Crippen LogP contribution >= 0.6 is 0 Å². The van der Waals surface area contributed by atoms with Gasteiger partial charge in [0.05, 0.1) is 22.6 Å². The van der Waals surface area contributed by atoms with E-state index in [4.69, 9.17) is 0 Å². The van der Waals surface area contributed by atoms with E-state index in [1.807, 2.05) is 6.92 Å². The van der Waals surface area contributed by atoms with E-state index >= 15 is 0 Å². The van der Waals surface area contributed by atoms with E-state index in [9.17, 15) is 24.6 Å². The maximum atomic E-state index is 13.2. The van der Waals surface area contributed by atoms with Gasteiger partial charge in [0.25, 0.3) is 5.56 Å². The van der Waals surface area contributed by atoms with Gasteiger partial charge in [-0.2, -0.15) is 0 Å². The summed E-state index contributed by atoms with van der Waals surface area (Å²) in [5.41, 5.74) is 0.763. The smallest absolute Gasteiger partial charge is 0.331 e. The van der Waals surface area contributed by atoms with E-state index in [-0.39, 0.29) is 34.8 Å². The number of benzene rings is 1. The van der Waals surface area contributed by atoms with Crippen LogP contribution in [0.25, 0.3) is 16.7 Å². The first kappa shape index (κ1) is 20.6. The van der Waals surface area contributed by atoms with E-state index in [0.29, 0.717) is 60.3 Å². The van der Waals surface area contributed by atoms with Crippen LogP contribution < -0.4 is 11.2 Å².